The van der Waals surface area contributed by atoms with E-state index in [2.05, 4.69) is 0 Å². The number of anilines is 1. The highest BCUT2D eigenvalue weighted by Gasteiger charge is 2.27. The Labute approximate surface area is 113 Å². The van der Waals surface area contributed by atoms with Crippen LogP contribution in [0.1, 0.15) is 32.1 Å². The Morgan fingerprint density at radius 3 is 2.26 bits per heavy atom. The average molecular weight is 286 g/mol. The summed E-state index contributed by atoms with van der Waals surface area (Å²) in [5.41, 5.74) is 5.82. The third-order valence-electron chi connectivity index (χ3n) is 3.39. The van der Waals surface area contributed by atoms with Gasteiger partial charge in [0.15, 0.2) is 0 Å². The Balaban J connectivity index is 2.31. The summed E-state index contributed by atoms with van der Waals surface area (Å²) in [6.45, 7) is 0.910. The lowest BCUT2D eigenvalue weighted by atomic mass is 10.1. The number of benzene rings is 1. The van der Waals surface area contributed by atoms with Gasteiger partial charge in [-0.05, 0) is 31.0 Å². The minimum Gasteiger partial charge on any atom is -0.399 e. The first-order valence-electron chi connectivity index (χ1n) is 6.57. The van der Waals surface area contributed by atoms with Crippen LogP contribution in [-0.2, 0) is 10.0 Å². The van der Waals surface area contributed by atoms with Crippen molar-refractivity contribution in [2.75, 3.05) is 18.8 Å². The number of nitrogens with zero attached hydrogens (tertiary/aromatic N) is 1. The molecule has 2 rings (SSSR count). The van der Waals surface area contributed by atoms with E-state index >= 15 is 0 Å². The van der Waals surface area contributed by atoms with Crippen LogP contribution in [0.3, 0.4) is 0 Å². The highest BCUT2D eigenvalue weighted by atomic mass is 32.2. The Morgan fingerprint density at radius 2 is 1.63 bits per heavy atom. The number of rotatable bonds is 2. The molecule has 1 saturated heterocycles. The van der Waals surface area contributed by atoms with Gasteiger partial charge in [-0.2, -0.15) is 4.31 Å². The topological polar surface area (TPSA) is 63.4 Å². The standard InChI is InChI=1S/C13H19FN2O2S/c14-12-7-6-11(15)10-13(12)19(17,18)16-8-4-2-1-3-5-9-16/h6-7,10H,1-5,8-9,15H2. The number of nitrogen functional groups attached to an aromatic ring is 1. The Morgan fingerprint density at radius 1 is 1.05 bits per heavy atom. The predicted octanol–water partition coefficient (Wildman–Crippen LogP) is 2.36. The van der Waals surface area contributed by atoms with Crippen LogP contribution in [0.2, 0.25) is 0 Å². The van der Waals surface area contributed by atoms with E-state index in [9.17, 15) is 12.8 Å². The van der Waals surface area contributed by atoms with Gasteiger partial charge >= 0.3 is 0 Å². The zero-order chi connectivity index (χ0) is 13.9. The van der Waals surface area contributed by atoms with E-state index in [1.54, 1.807) is 0 Å². The van der Waals surface area contributed by atoms with E-state index in [0.717, 1.165) is 38.2 Å². The lowest BCUT2D eigenvalue weighted by Crippen LogP contribution is -2.34. The van der Waals surface area contributed by atoms with Gasteiger partial charge in [0.25, 0.3) is 0 Å². The van der Waals surface area contributed by atoms with E-state index in [4.69, 9.17) is 5.73 Å². The number of hydrogen-bond donors (Lipinski definition) is 1. The van der Waals surface area contributed by atoms with Crippen LogP contribution in [0, 0.1) is 5.82 Å². The molecule has 0 atom stereocenters. The maximum Gasteiger partial charge on any atom is 0.246 e. The molecule has 0 saturated carbocycles. The zero-order valence-corrected chi connectivity index (χ0v) is 11.6. The molecule has 0 aliphatic carbocycles. The second-order valence-electron chi connectivity index (χ2n) is 4.86. The van der Waals surface area contributed by atoms with Crippen molar-refractivity contribution in [3.05, 3.63) is 24.0 Å². The van der Waals surface area contributed by atoms with E-state index in [0.29, 0.717) is 13.1 Å². The molecule has 1 aliphatic heterocycles. The van der Waals surface area contributed by atoms with Gasteiger partial charge in [0.1, 0.15) is 10.7 Å². The lowest BCUT2D eigenvalue weighted by Gasteiger charge is -2.24. The van der Waals surface area contributed by atoms with Crippen LogP contribution in [-0.4, -0.2) is 25.8 Å². The summed E-state index contributed by atoms with van der Waals surface area (Å²) in [7, 11) is -3.78. The van der Waals surface area contributed by atoms with Gasteiger partial charge in [0.05, 0.1) is 0 Å². The smallest absolute Gasteiger partial charge is 0.246 e. The van der Waals surface area contributed by atoms with E-state index in [-0.39, 0.29) is 10.6 Å². The van der Waals surface area contributed by atoms with Crippen LogP contribution >= 0.6 is 0 Å². The number of sulfonamides is 1. The largest absolute Gasteiger partial charge is 0.399 e. The molecule has 0 bridgehead atoms. The summed E-state index contributed by atoms with van der Waals surface area (Å²) < 4.78 is 40.0. The number of halogens is 1. The fourth-order valence-corrected chi connectivity index (χ4v) is 3.93. The molecule has 0 aromatic heterocycles. The normalized spacial score (nSPS) is 18.8. The van der Waals surface area contributed by atoms with Crippen LogP contribution in [0.25, 0.3) is 0 Å². The molecular weight excluding hydrogens is 267 g/mol. The minimum absolute atomic E-state index is 0.256. The van der Waals surface area contributed by atoms with Gasteiger partial charge in [0.2, 0.25) is 10.0 Å². The van der Waals surface area contributed by atoms with Crippen LogP contribution in [0.5, 0.6) is 0 Å². The molecule has 19 heavy (non-hydrogen) atoms. The molecule has 1 fully saturated rings. The average Bonchev–Trinajstić information content (AvgIpc) is 2.31. The van der Waals surface area contributed by atoms with Crippen molar-refractivity contribution in [1.82, 2.24) is 4.31 Å². The summed E-state index contributed by atoms with van der Waals surface area (Å²) in [6.07, 6.45) is 4.82. The zero-order valence-electron chi connectivity index (χ0n) is 10.8. The molecule has 1 aromatic rings. The summed E-state index contributed by atoms with van der Waals surface area (Å²) in [5, 5.41) is 0. The molecule has 0 radical (unpaired) electrons. The number of nitrogens with two attached hydrogens (primary N) is 1. The molecule has 1 aromatic carbocycles. The summed E-state index contributed by atoms with van der Waals surface area (Å²) in [6, 6.07) is 3.66. The Kier molecular flexibility index (Phi) is 4.42. The molecule has 1 aliphatic rings. The van der Waals surface area contributed by atoms with Crippen molar-refractivity contribution in [3.8, 4) is 0 Å². The third-order valence-corrected chi connectivity index (χ3v) is 5.30. The second kappa shape index (κ2) is 5.88. The first-order valence-corrected chi connectivity index (χ1v) is 8.01. The minimum atomic E-state index is -3.78. The molecular formula is C13H19FN2O2S. The van der Waals surface area contributed by atoms with Gasteiger partial charge in [-0.15, -0.1) is 0 Å². The van der Waals surface area contributed by atoms with E-state index in [1.807, 2.05) is 0 Å². The molecule has 0 amide bonds. The van der Waals surface area contributed by atoms with Crippen LogP contribution in [0.4, 0.5) is 10.1 Å². The molecule has 0 unspecified atom stereocenters. The predicted molar refractivity (Wildman–Crippen MR) is 72.7 cm³/mol. The molecule has 2 N–H and O–H groups in total. The monoisotopic (exact) mass is 286 g/mol. The molecule has 1 heterocycles. The third kappa shape index (κ3) is 3.25. The molecule has 0 spiro atoms. The Hall–Kier alpha value is -1.14. The fraction of sp³-hybridized carbons (Fsp3) is 0.538. The summed E-state index contributed by atoms with van der Waals surface area (Å²) in [4.78, 5) is -0.312. The first kappa shape index (κ1) is 14.3. The van der Waals surface area contributed by atoms with Crippen molar-refractivity contribution >= 4 is 15.7 Å². The van der Waals surface area contributed by atoms with Crippen molar-refractivity contribution in [2.45, 2.75) is 37.0 Å². The molecule has 4 nitrogen and oxygen atoms in total. The van der Waals surface area contributed by atoms with Gasteiger partial charge in [0, 0.05) is 18.8 Å². The van der Waals surface area contributed by atoms with Crippen molar-refractivity contribution in [3.63, 3.8) is 0 Å². The van der Waals surface area contributed by atoms with Crippen LogP contribution < -0.4 is 5.73 Å². The van der Waals surface area contributed by atoms with Gasteiger partial charge in [-0.25, -0.2) is 12.8 Å². The fourth-order valence-electron chi connectivity index (χ4n) is 2.32. The van der Waals surface area contributed by atoms with Crippen molar-refractivity contribution in [1.29, 1.82) is 0 Å². The molecule has 106 valence electrons. The Bertz CT molecular complexity index is 538. The summed E-state index contributed by atoms with van der Waals surface area (Å²) in [5.74, 6) is -0.740. The lowest BCUT2D eigenvalue weighted by molar-refractivity contribution is 0.362. The quantitative estimate of drug-likeness (QED) is 0.849. The van der Waals surface area contributed by atoms with Gasteiger partial charge < -0.3 is 5.73 Å². The summed E-state index contributed by atoms with van der Waals surface area (Å²) >= 11 is 0. The van der Waals surface area contributed by atoms with Crippen LogP contribution in [0.15, 0.2) is 23.1 Å². The molecule has 6 heteroatoms. The van der Waals surface area contributed by atoms with Gasteiger partial charge in [-0.1, -0.05) is 19.3 Å². The highest BCUT2D eigenvalue weighted by molar-refractivity contribution is 7.89. The maximum absolute atomic E-state index is 13.7. The van der Waals surface area contributed by atoms with Crippen molar-refractivity contribution in [2.24, 2.45) is 0 Å². The highest BCUT2D eigenvalue weighted by Crippen LogP contribution is 2.24. The van der Waals surface area contributed by atoms with Gasteiger partial charge in [-0.3, -0.25) is 0 Å². The first-order chi connectivity index (χ1) is 9.01. The maximum atomic E-state index is 13.7. The van der Waals surface area contributed by atoms with E-state index < -0.39 is 15.8 Å². The van der Waals surface area contributed by atoms with E-state index in [1.165, 1.54) is 16.4 Å². The second-order valence-corrected chi connectivity index (χ2v) is 6.77. The SMILES string of the molecule is Nc1ccc(F)c(S(=O)(=O)N2CCCCCCC2)c1. The number of hydrogen-bond acceptors (Lipinski definition) is 3. The van der Waals surface area contributed by atoms with Crippen molar-refractivity contribution < 1.29 is 12.8 Å².